The second-order valence-electron chi connectivity index (χ2n) is 21.5. The van der Waals surface area contributed by atoms with Gasteiger partial charge in [0.05, 0.1) is 22.6 Å². The molecule has 4 aliphatic heterocycles. The van der Waals surface area contributed by atoms with Gasteiger partial charge >= 0.3 is 5.85 Å². The fraction of sp³-hybridized carbons (Fsp3) is 0.293. The van der Waals surface area contributed by atoms with Crippen molar-refractivity contribution >= 4 is 17.1 Å². The molecule has 4 nitrogen and oxygen atoms in total. The number of hydrogen-bond acceptors (Lipinski definition) is 3. The number of aromatic nitrogens is 1. The summed E-state index contributed by atoms with van der Waals surface area (Å²) in [6.45, 7) is 25.7. The van der Waals surface area contributed by atoms with Crippen LogP contribution < -0.4 is 19.1 Å². The van der Waals surface area contributed by atoms with E-state index in [1.165, 1.54) is 95.1 Å². The molecule has 0 saturated heterocycles. The van der Waals surface area contributed by atoms with Crippen molar-refractivity contribution in [1.29, 1.82) is 0 Å². The Hall–Kier alpha value is -6.13. The minimum Gasteiger partial charge on any atom is -0.410 e. The Labute approximate surface area is 368 Å². The summed E-state index contributed by atoms with van der Waals surface area (Å²) in [5.74, 6) is 0.350. The Kier molecular flexibility index (Phi) is 8.10. The Morgan fingerprint density at radius 2 is 1.23 bits per heavy atom. The first-order chi connectivity index (χ1) is 29.5. The van der Waals surface area contributed by atoms with Gasteiger partial charge in [0.25, 0.3) is 0 Å². The summed E-state index contributed by atoms with van der Waals surface area (Å²) in [4.78, 5) is 5.34. The molecule has 2 atom stereocenters. The van der Waals surface area contributed by atoms with E-state index in [1.54, 1.807) is 0 Å². The van der Waals surface area contributed by atoms with Crippen molar-refractivity contribution in [1.82, 2.24) is 0 Å². The molecule has 4 aliphatic rings. The van der Waals surface area contributed by atoms with Crippen LogP contribution in [0.2, 0.25) is 0 Å². The van der Waals surface area contributed by atoms with Crippen LogP contribution in [0, 0.1) is 0 Å². The number of benzene rings is 6. The number of pyridine rings is 1. The summed E-state index contributed by atoms with van der Waals surface area (Å²) >= 11 is 0. The fourth-order valence-electron chi connectivity index (χ4n) is 10.6. The van der Waals surface area contributed by atoms with Crippen LogP contribution in [0.5, 0.6) is 5.75 Å². The largest absolute Gasteiger partial charge is 0.432 e. The highest BCUT2D eigenvalue weighted by Gasteiger charge is 2.70. The highest BCUT2D eigenvalue weighted by atomic mass is 16.5. The van der Waals surface area contributed by atoms with Crippen LogP contribution >= 0.6 is 0 Å². The molecular weight excluding hydrogens is 755 g/mol. The van der Waals surface area contributed by atoms with Gasteiger partial charge in [0.1, 0.15) is 17.5 Å². The first-order valence-electron chi connectivity index (χ1n) is 22.6. The van der Waals surface area contributed by atoms with Gasteiger partial charge in [0.2, 0.25) is 5.69 Å². The van der Waals surface area contributed by atoms with Gasteiger partial charge in [0, 0.05) is 39.9 Å². The van der Waals surface area contributed by atoms with Crippen molar-refractivity contribution < 1.29 is 9.30 Å². The monoisotopic (exact) mass is 812 g/mol. The van der Waals surface area contributed by atoms with Crippen molar-refractivity contribution in [2.75, 3.05) is 9.80 Å². The molecule has 5 heterocycles. The van der Waals surface area contributed by atoms with Crippen molar-refractivity contribution in [2.24, 2.45) is 0 Å². The highest BCUT2D eigenvalue weighted by molar-refractivity contribution is 6.03. The van der Waals surface area contributed by atoms with Crippen LogP contribution in [-0.4, -0.2) is 0 Å². The van der Waals surface area contributed by atoms with Crippen LogP contribution in [0.15, 0.2) is 140 Å². The second kappa shape index (κ2) is 13.0. The summed E-state index contributed by atoms with van der Waals surface area (Å²) in [5.41, 5.74) is 20.6. The van der Waals surface area contributed by atoms with Crippen LogP contribution in [0.4, 0.5) is 17.1 Å². The summed E-state index contributed by atoms with van der Waals surface area (Å²) in [6.07, 6.45) is 2.07. The molecule has 0 bridgehead atoms. The Morgan fingerprint density at radius 1 is 0.565 bits per heavy atom. The molecule has 0 fully saturated rings. The van der Waals surface area contributed by atoms with Gasteiger partial charge in [-0.3, -0.25) is 0 Å². The lowest BCUT2D eigenvalue weighted by atomic mass is 9.77. The van der Waals surface area contributed by atoms with Crippen molar-refractivity contribution in [3.05, 3.63) is 173 Å². The maximum Gasteiger partial charge on any atom is 0.432 e. The van der Waals surface area contributed by atoms with Crippen molar-refractivity contribution in [3.8, 4) is 50.4 Å². The Morgan fingerprint density at radius 3 is 1.89 bits per heavy atom. The van der Waals surface area contributed by atoms with E-state index < -0.39 is 5.85 Å². The summed E-state index contributed by atoms with van der Waals surface area (Å²) < 4.78 is 10.6. The molecule has 7 aromatic rings. The molecule has 0 aliphatic carbocycles. The van der Waals surface area contributed by atoms with E-state index in [2.05, 4.69) is 230 Å². The number of rotatable bonds is 4. The van der Waals surface area contributed by atoms with Gasteiger partial charge in [-0.15, -0.1) is 4.57 Å². The quantitative estimate of drug-likeness (QED) is 0.165. The lowest BCUT2D eigenvalue weighted by Crippen LogP contribution is -2.71. The predicted molar refractivity (Wildman–Crippen MR) is 257 cm³/mol. The summed E-state index contributed by atoms with van der Waals surface area (Å²) in [7, 11) is 0. The molecule has 310 valence electrons. The van der Waals surface area contributed by atoms with Crippen molar-refractivity contribution in [3.63, 3.8) is 0 Å². The molecule has 2 unspecified atom stereocenters. The average molecular weight is 813 g/mol. The lowest BCUT2D eigenvalue weighted by Gasteiger charge is -2.49. The van der Waals surface area contributed by atoms with Gasteiger partial charge in [-0.1, -0.05) is 161 Å². The summed E-state index contributed by atoms with van der Waals surface area (Å²) in [6, 6.07) is 50.5. The van der Waals surface area contributed by atoms with Gasteiger partial charge in [0.15, 0.2) is 6.20 Å². The molecule has 4 heteroatoms. The fourth-order valence-corrected chi connectivity index (χ4v) is 10.6. The number of hydrogen-bond donors (Lipinski definition) is 0. The second-order valence-corrected chi connectivity index (χ2v) is 21.5. The maximum absolute atomic E-state index is 8.15. The third-order valence-corrected chi connectivity index (χ3v) is 14.0. The minimum absolute atomic E-state index is 0.0850. The average Bonchev–Trinajstić information content (AvgIpc) is 3.74. The molecule has 1 spiro atoms. The van der Waals surface area contributed by atoms with Crippen LogP contribution in [0.25, 0.3) is 44.6 Å². The SMILES string of the molecule is CC(C)c1ccc(N2c3cccc4c3N3C2c2cc(C(C)(C)C)cc(C(C)(C)C)c2OC32c3c-4cc(C(C)(C)C)cc3-c3cc(-c4ccccc4)cc[n+]32)c(-c2ccccc2)c1. The maximum atomic E-state index is 8.15. The first kappa shape index (κ1) is 38.8. The molecule has 0 radical (unpaired) electrons. The number of anilines is 3. The third kappa shape index (κ3) is 5.41. The molecular formula is C58H58N3O+. The Balaban J connectivity index is 1.31. The molecule has 1 aromatic heterocycles. The van der Waals surface area contributed by atoms with E-state index in [-0.39, 0.29) is 22.4 Å². The molecule has 0 saturated carbocycles. The molecule has 11 rings (SSSR count). The lowest BCUT2D eigenvalue weighted by molar-refractivity contribution is -0.774. The van der Waals surface area contributed by atoms with Crippen LogP contribution in [0.3, 0.4) is 0 Å². The number of fused-ring (bicyclic) bond motifs is 5. The van der Waals surface area contributed by atoms with E-state index in [1.807, 2.05) is 0 Å². The van der Waals surface area contributed by atoms with Crippen LogP contribution in [-0.2, 0) is 22.1 Å². The zero-order valence-corrected chi connectivity index (χ0v) is 38.2. The van der Waals surface area contributed by atoms with Gasteiger partial charge < -0.3 is 9.64 Å². The van der Waals surface area contributed by atoms with E-state index in [0.717, 1.165) is 5.75 Å². The first-order valence-corrected chi connectivity index (χ1v) is 22.6. The zero-order valence-electron chi connectivity index (χ0n) is 38.2. The van der Waals surface area contributed by atoms with Crippen LogP contribution in [0.1, 0.15) is 122 Å². The predicted octanol–water partition coefficient (Wildman–Crippen LogP) is 14.7. The molecule has 0 amide bonds. The standard InChI is InChI=1S/C58H58N3O/c1-35(2)38-25-26-48(43(29-38)37-21-16-13-17-22-37)60-49-24-18-23-42-44-31-40(55(3,4)5)32-45-50-30-39(36-19-14-12-15-20-36)27-28-59(50)58(51(44)45)61(52(42)49)54(60)46-33-41(56(6,7)8)34-47(53(46)62-58)57(9,10)11/h12-35,54H,1-11H3/q+1. The van der Waals surface area contributed by atoms with Gasteiger partial charge in [-0.25, -0.2) is 4.90 Å². The number of para-hydroxylation sites is 1. The molecule has 62 heavy (non-hydrogen) atoms. The topological polar surface area (TPSA) is 19.6 Å². The van der Waals surface area contributed by atoms with Gasteiger partial charge in [-0.05, 0) is 91.9 Å². The highest BCUT2D eigenvalue weighted by Crippen LogP contribution is 2.68. The Bertz CT molecular complexity index is 2980. The molecule has 6 aromatic carbocycles. The number of nitrogens with zero attached hydrogens (tertiary/aromatic N) is 3. The van der Waals surface area contributed by atoms with E-state index >= 15 is 0 Å². The van der Waals surface area contributed by atoms with Gasteiger partial charge in [-0.2, -0.15) is 0 Å². The number of ether oxygens (including phenoxy) is 1. The normalized spacial score (nSPS) is 18.0. The van der Waals surface area contributed by atoms with E-state index in [0.29, 0.717) is 5.92 Å². The third-order valence-electron chi connectivity index (χ3n) is 14.0. The van der Waals surface area contributed by atoms with Crippen molar-refractivity contribution in [2.45, 2.75) is 110 Å². The zero-order chi connectivity index (χ0) is 43.2. The molecule has 0 N–H and O–H groups in total. The van der Waals surface area contributed by atoms with E-state index in [9.17, 15) is 0 Å². The minimum atomic E-state index is -1.02. The smallest absolute Gasteiger partial charge is 0.410 e. The summed E-state index contributed by atoms with van der Waals surface area (Å²) in [5, 5.41) is 0. The van der Waals surface area contributed by atoms with E-state index in [4.69, 9.17) is 4.74 Å².